The number of Topliss-reactive ketones (excluding diaryl/α,β-unsaturated/α-hetero) is 1. The predicted octanol–water partition coefficient (Wildman–Crippen LogP) is 3.37. The third-order valence-corrected chi connectivity index (χ3v) is 6.46. The van der Waals surface area contributed by atoms with E-state index < -0.39 is 21.5 Å². The average molecular weight is 499 g/mol. The lowest BCUT2D eigenvalue weighted by molar-refractivity contribution is -0.112. The number of carbonyl (C=O) groups is 2. The summed E-state index contributed by atoms with van der Waals surface area (Å²) in [5.41, 5.74) is 0.970. The number of ether oxygens (including phenoxy) is 1. The van der Waals surface area contributed by atoms with Crippen molar-refractivity contribution in [3.8, 4) is 5.75 Å². The lowest BCUT2D eigenvalue weighted by Gasteiger charge is -2.11. The lowest BCUT2D eigenvalue weighted by atomic mass is 10.1. The number of halogens is 1. The van der Waals surface area contributed by atoms with Crippen LogP contribution in [-0.4, -0.2) is 48.0 Å². The Morgan fingerprint density at radius 3 is 2.47 bits per heavy atom. The van der Waals surface area contributed by atoms with Crippen molar-refractivity contribution in [2.45, 2.75) is 11.6 Å². The van der Waals surface area contributed by atoms with Crippen LogP contribution in [0, 0.1) is 0 Å². The molecule has 0 bridgehead atoms. The zero-order valence-corrected chi connectivity index (χ0v) is 19.7. The standard InChI is InChI=1S/C23H19ClN4O5S/c1-33-16-7-8-18-17(11-16)20(21(29)22(30)27-19-9-10-25-13-26-19)23(34(2,31)32)28(18)12-14-3-5-15(24)6-4-14/h3-11,13H,12H2,1-2H3,(H,25,26,27,30). The van der Waals surface area contributed by atoms with Crippen molar-refractivity contribution in [2.24, 2.45) is 0 Å². The molecule has 0 unspecified atom stereocenters. The smallest absolute Gasteiger partial charge is 0.298 e. The molecular formula is C23H19ClN4O5S. The van der Waals surface area contributed by atoms with Gasteiger partial charge in [-0.05, 0) is 42.0 Å². The normalized spacial score (nSPS) is 11.4. The zero-order chi connectivity index (χ0) is 24.5. The third-order valence-electron chi connectivity index (χ3n) is 5.08. The number of anilines is 1. The minimum absolute atomic E-state index is 0.108. The quantitative estimate of drug-likeness (QED) is 0.306. The molecule has 0 radical (unpaired) electrons. The largest absolute Gasteiger partial charge is 0.497 e. The molecule has 174 valence electrons. The first-order chi connectivity index (χ1) is 16.2. The van der Waals surface area contributed by atoms with Crippen LogP contribution >= 0.6 is 11.6 Å². The Labute approximate surface area is 200 Å². The van der Waals surface area contributed by atoms with Gasteiger partial charge in [0.1, 0.15) is 22.9 Å². The number of methoxy groups -OCH3 is 1. The van der Waals surface area contributed by atoms with Gasteiger partial charge in [0.25, 0.3) is 11.7 Å². The zero-order valence-electron chi connectivity index (χ0n) is 18.1. The number of sulfone groups is 1. The number of ketones is 1. The van der Waals surface area contributed by atoms with E-state index in [1.54, 1.807) is 36.4 Å². The topological polar surface area (TPSA) is 120 Å². The van der Waals surface area contributed by atoms with Gasteiger partial charge in [-0.1, -0.05) is 23.7 Å². The minimum atomic E-state index is -3.96. The summed E-state index contributed by atoms with van der Waals surface area (Å²) in [6.45, 7) is 0.128. The van der Waals surface area contributed by atoms with Crippen molar-refractivity contribution < 1.29 is 22.7 Å². The van der Waals surface area contributed by atoms with Crippen molar-refractivity contribution >= 4 is 49.8 Å². The molecule has 0 fully saturated rings. The van der Waals surface area contributed by atoms with Crippen LogP contribution in [0.1, 0.15) is 15.9 Å². The number of benzene rings is 2. The molecule has 2 heterocycles. The second-order valence-electron chi connectivity index (χ2n) is 7.43. The first-order valence-corrected chi connectivity index (χ1v) is 12.2. The number of rotatable bonds is 7. The van der Waals surface area contributed by atoms with Gasteiger partial charge < -0.3 is 14.6 Å². The summed E-state index contributed by atoms with van der Waals surface area (Å²) >= 11 is 5.98. The summed E-state index contributed by atoms with van der Waals surface area (Å²) in [5, 5.41) is 2.93. The Kier molecular flexibility index (Phi) is 6.36. The van der Waals surface area contributed by atoms with Crippen LogP contribution in [0.3, 0.4) is 0 Å². The fraction of sp³-hybridized carbons (Fsp3) is 0.130. The van der Waals surface area contributed by atoms with E-state index in [1.807, 2.05) is 0 Å². The summed E-state index contributed by atoms with van der Waals surface area (Å²) < 4.78 is 32.7. The predicted molar refractivity (Wildman–Crippen MR) is 127 cm³/mol. The minimum Gasteiger partial charge on any atom is -0.497 e. The molecule has 0 saturated carbocycles. The molecule has 0 aliphatic heterocycles. The molecule has 34 heavy (non-hydrogen) atoms. The summed E-state index contributed by atoms with van der Waals surface area (Å²) in [7, 11) is -2.50. The SMILES string of the molecule is COc1ccc2c(c1)c(C(=O)C(=O)Nc1ccncn1)c(S(C)(=O)=O)n2Cc1ccc(Cl)cc1. The Balaban J connectivity index is 1.92. The highest BCUT2D eigenvalue weighted by atomic mass is 35.5. The summed E-state index contributed by atoms with van der Waals surface area (Å²) in [6.07, 6.45) is 3.61. The van der Waals surface area contributed by atoms with E-state index in [4.69, 9.17) is 16.3 Å². The van der Waals surface area contributed by atoms with Gasteiger partial charge in [0.2, 0.25) is 0 Å². The number of hydrogen-bond acceptors (Lipinski definition) is 7. The monoisotopic (exact) mass is 498 g/mol. The molecule has 0 atom stereocenters. The molecule has 11 heteroatoms. The van der Waals surface area contributed by atoms with E-state index in [1.165, 1.54) is 36.3 Å². The van der Waals surface area contributed by atoms with E-state index in [9.17, 15) is 18.0 Å². The third kappa shape index (κ3) is 4.63. The van der Waals surface area contributed by atoms with Crippen molar-refractivity contribution in [1.82, 2.24) is 14.5 Å². The average Bonchev–Trinajstić information content (AvgIpc) is 3.14. The Hall–Kier alpha value is -3.76. The summed E-state index contributed by atoms with van der Waals surface area (Å²) in [4.78, 5) is 33.8. The van der Waals surface area contributed by atoms with Crippen LogP contribution < -0.4 is 10.1 Å². The molecule has 0 spiro atoms. The second kappa shape index (κ2) is 9.24. The Morgan fingerprint density at radius 2 is 1.85 bits per heavy atom. The number of hydrogen-bond donors (Lipinski definition) is 1. The van der Waals surface area contributed by atoms with Crippen LogP contribution in [0.4, 0.5) is 5.82 Å². The molecule has 2 aromatic heterocycles. The van der Waals surface area contributed by atoms with Crippen molar-refractivity contribution in [3.63, 3.8) is 0 Å². The summed E-state index contributed by atoms with van der Waals surface area (Å²) in [5.74, 6) is -1.54. The van der Waals surface area contributed by atoms with Crippen LogP contribution in [0.25, 0.3) is 10.9 Å². The van der Waals surface area contributed by atoms with Crippen LogP contribution in [0.5, 0.6) is 5.75 Å². The maximum Gasteiger partial charge on any atom is 0.298 e. The van der Waals surface area contributed by atoms with Gasteiger partial charge in [-0.3, -0.25) is 9.59 Å². The summed E-state index contributed by atoms with van der Waals surface area (Å²) in [6, 6.07) is 13.1. The number of nitrogens with zero attached hydrogens (tertiary/aromatic N) is 3. The van der Waals surface area contributed by atoms with Gasteiger partial charge in [0.05, 0.1) is 18.2 Å². The lowest BCUT2D eigenvalue weighted by Crippen LogP contribution is -2.25. The molecule has 9 nitrogen and oxygen atoms in total. The fourth-order valence-electron chi connectivity index (χ4n) is 3.62. The van der Waals surface area contributed by atoms with Crippen molar-refractivity contribution in [2.75, 3.05) is 18.7 Å². The van der Waals surface area contributed by atoms with E-state index in [0.717, 1.165) is 11.8 Å². The first-order valence-electron chi connectivity index (χ1n) is 9.95. The van der Waals surface area contributed by atoms with Crippen molar-refractivity contribution in [1.29, 1.82) is 0 Å². The molecule has 0 aliphatic rings. The number of carbonyl (C=O) groups excluding carboxylic acids is 2. The molecule has 4 aromatic rings. The fourth-order valence-corrected chi connectivity index (χ4v) is 4.89. The molecular weight excluding hydrogens is 480 g/mol. The first kappa shape index (κ1) is 23.4. The van der Waals surface area contributed by atoms with Gasteiger partial charge in [-0.2, -0.15) is 0 Å². The Morgan fingerprint density at radius 1 is 1.12 bits per heavy atom. The van der Waals surface area contributed by atoms with Gasteiger partial charge >= 0.3 is 0 Å². The molecule has 0 aliphatic carbocycles. The van der Waals surface area contributed by atoms with Gasteiger partial charge in [-0.15, -0.1) is 0 Å². The van der Waals surface area contributed by atoms with Crippen LogP contribution in [0.2, 0.25) is 5.02 Å². The highest BCUT2D eigenvalue weighted by molar-refractivity contribution is 7.90. The molecule has 1 N–H and O–H groups in total. The number of fused-ring (bicyclic) bond motifs is 1. The maximum atomic E-state index is 13.3. The highest BCUT2D eigenvalue weighted by Gasteiger charge is 2.32. The van der Waals surface area contributed by atoms with E-state index in [-0.39, 0.29) is 28.3 Å². The van der Waals surface area contributed by atoms with Gasteiger partial charge in [-0.25, -0.2) is 18.4 Å². The number of amides is 1. The highest BCUT2D eigenvalue weighted by Crippen LogP contribution is 2.34. The van der Waals surface area contributed by atoms with Crippen LogP contribution in [-0.2, 0) is 21.2 Å². The second-order valence-corrected chi connectivity index (χ2v) is 9.79. The molecule has 0 saturated heterocycles. The number of nitrogens with one attached hydrogen (secondary N) is 1. The van der Waals surface area contributed by atoms with E-state index in [2.05, 4.69) is 15.3 Å². The Bertz CT molecular complexity index is 1500. The van der Waals surface area contributed by atoms with E-state index in [0.29, 0.717) is 16.3 Å². The van der Waals surface area contributed by atoms with Crippen LogP contribution in [0.15, 0.2) is 66.1 Å². The molecule has 2 aromatic carbocycles. The molecule has 1 amide bonds. The van der Waals surface area contributed by atoms with Gasteiger partial charge in [0, 0.05) is 29.4 Å². The maximum absolute atomic E-state index is 13.3. The molecule has 4 rings (SSSR count). The van der Waals surface area contributed by atoms with Crippen molar-refractivity contribution in [3.05, 3.63) is 77.2 Å². The van der Waals surface area contributed by atoms with E-state index >= 15 is 0 Å². The number of aromatic nitrogens is 3. The van der Waals surface area contributed by atoms with Gasteiger partial charge in [0.15, 0.2) is 9.84 Å².